The summed E-state index contributed by atoms with van der Waals surface area (Å²) >= 11 is 4.10. The molecule has 0 fully saturated rings. The van der Waals surface area contributed by atoms with E-state index in [1.165, 1.54) is 12.1 Å². The first-order chi connectivity index (χ1) is 4.74. The van der Waals surface area contributed by atoms with E-state index in [1.807, 2.05) is 0 Å². The highest BCUT2D eigenvalue weighted by Crippen LogP contribution is 2.19. The Morgan fingerprint density at radius 2 is 2.20 bits per heavy atom. The molecular weight excluding hydrogens is 149 g/mol. The SMILES string of the molecule is CNc1cc(F)ccc1S. The molecule has 0 bridgehead atoms. The summed E-state index contributed by atoms with van der Waals surface area (Å²) in [5.74, 6) is -0.248. The van der Waals surface area contributed by atoms with Crippen LogP contribution in [0.2, 0.25) is 0 Å². The van der Waals surface area contributed by atoms with Crippen LogP contribution in [0, 0.1) is 5.82 Å². The fraction of sp³-hybridized carbons (Fsp3) is 0.143. The highest BCUT2D eigenvalue weighted by molar-refractivity contribution is 7.80. The molecule has 1 nitrogen and oxygen atoms in total. The highest BCUT2D eigenvalue weighted by Gasteiger charge is 1.96. The van der Waals surface area contributed by atoms with Crippen LogP contribution in [0.1, 0.15) is 0 Å². The monoisotopic (exact) mass is 157 g/mol. The molecule has 0 saturated carbocycles. The highest BCUT2D eigenvalue weighted by atomic mass is 32.1. The molecule has 0 aliphatic carbocycles. The van der Waals surface area contributed by atoms with Crippen LogP contribution in [0.3, 0.4) is 0 Å². The molecule has 1 aromatic carbocycles. The zero-order valence-corrected chi connectivity index (χ0v) is 6.45. The van der Waals surface area contributed by atoms with Crippen molar-refractivity contribution < 1.29 is 4.39 Å². The maximum atomic E-state index is 12.5. The van der Waals surface area contributed by atoms with E-state index in [4.69, 9.17) is 0 Å². The minimum Gasteiger partial charge on any atom is -0.387 e. The van der Waals surface area contributed by atoms with E-state index in [-0.39, 0.29) is 5.82 Å². The molecule has 0 radical (unpaired) electrons. The molecule has 1 rings (SSSR count). The van der Waals surface area contributed by atoms with Crippen LogP contribution in [-0.2, 0) is 0 Å². The van der Waals surface area contributed by atoms with Crippen LogP contribution in [-0.4, -0.2) is 7.05 Å². The molecule has 3 heteroatoms. The first-order valence-corrected chi connectivity index (χ1v) is 3.35. The number of anilines is 1. The summed E-state index contributed by atoms with van der Waals surface area (Å²) in [4.78, 5) is 0.754. The molecule has 0 spiro atoms. The minimum atomic E-state index is -0.248. The molecule has 54 valence electrons. The topological polar surface area (TPSA) is 12.0 Å². The Hall–Kier alpha value is -0.700. The number of benzene rings is 1. The van der Waals surface area contributed by atoms with Crippen LogP contribution >= 0.6 is 12.6 Å². The van der Waals surface area contributed by atoms with Crippen LogP contribution < -0.4 is 5.32 Å². The maximum absolute atomic E-state index is 12.5. The summed E-state index contributed by atoms with van der Waals surface area (Å²) in [6, 6.07) is 4.40. The largest absolute Gasteiger partial charge is 0.387 e. The normalized spacial score (nSPS) is 9.50. The second-order valence-corrected chi connectivity index (χ2v) is 2.39. The van der Waals surface area contributed by atoms with Gasteiger partial charge in [0, 0.05) is 11.9 Å². The Kier molecular flexibility index (Phi) is 2.17. The Morgan fingerprint density at radius 3 is 2.70 bits per heavy atom. The zero-order chi connectivity index (χ0) is 7.56. The third kappa shape index (κ3) is 1.42. The molecule has 0 saturated heterocycles. The van der Waals surface area contributed by atoms with E-state index in [1.54, 1.807) is 13.1 Å². The summed E-state index contributed by atoms with van der Waals surface area (Å²) in [5, 5.41) is 2.82. The van der Waals surface area contributed by atoms with Crippen molar-refractivity contribution in [2.45, 2.75) is 4.90 Å². The lowest BCUT2D eigenvalue weighted by atomic mass is 10.3. The summed E-state index contributed by atoms with van der Waals surface area (Å²) in [6.45, 7) is 0. The van der Waals surface area contributed by atoms with Gasteiger partial charge in [-0.15, -0.1) is 12.6 Å². The van der Waals surface area contributed by atoms with Gasteiger partial charge in [-0.05, 0) is 18.2 Å². The second-order valence-electron chi connectivity index (χ2n) is 1.91. The average Bonchev–Trinajstić information content (AvgIpc) is 1.94. The molecular formula is C7H8FNS. The van der Waals surface area contributed by atoms with E-state index >= 15 is 0 Å². The molecule has 0 aliphatic heterocycles. The van der Waals surface area contributed by atoms with Crippen LogP contribution in [0.15, 0.2) is 23.1 Å². The quantitative estimate of drug-likeness (QED) is 0.595. The lowest BCUT2D eigenvalue weighted by Crippen LogP contribution is -1.89. The maximum Gasteiger partial charge on any atom is 0.125 e. The van der Waals surface area contributed by atoms with Gasteiger partial charge in [-0.1, -0.05) is 0 Å². The number of hydrogen-bond acceptors (Lipinski definition) is 2. The minimum absolute atomic E-state index is 0.248. The second kappa shape index (κ2) is 2.92. The van der Waals surface area contributed by atoms with Crippen molar-refractivity contribution in [3.8, 4) is 0 Å². The van der Waals surface area contributed by atoms with Gasteiger partial charge in [0.05, 0.1) is 5.69 Å². The van der Waals surface area contributed by atoms with Gasteiger partial charge in [0.15, 0.2) is 0 Å². The van der Waals surface area contributed by atoms with Crippen molar-refractivity contribution in [2.24, 2.45) is 0 Å². The molecule has 1 N–H and O–H groups in total. The molecule has 0 heterocycles. The fourth-order valence-electron chi connectivity index (χ4n) is 0.709. The van der Waals surface area contributed by atoms with Crippen molar-refractivity contribution in [3.63, 3.8) is 0 Å². The van der Waals surface area contributed by atoms with Gasteiger partial charge in [0.2, 0.25) is 0 Å². The summed E-state index contributed by atoms with van der Waals surface area (Å²) < 4.78 is 12.5. The molecule has 0 atom stereocenters. The first kappa shape index (κ1) is 7.41. The number of nitrogens with one attached hydrogen (secondary N) is 1. The Labute approximate surface area is 64.7 Å². The molecule has 0 unspecified atom stereocenters. The number of thiol groups is 1. The van der Waals surface area contributed by atoms with Crippen molar-refractivity contribution in [1.29, 1.82) is 0 Å². The van der Waals surface area contributed by atoms with Crippen LogP contribution in [0.25, 0.3) is 0 Å². The standard InChI is InChI=1S/C7H8FNS/c1-9-6-4-5(8)2-3-7(6)10/h2-4,9-10H,1H3. The average molecular weight is 157 g/mol. The third-order valence-electron chi connectivity index (χ3n) is 1.23. The van der Waals surface area contributed by atoms with Crippen molar-refractivity contribution in [2.75, 3.05) is 12.4 Å². The summed E-state index contributed by atoms with van der Waals surface area (Å²) in [5.41, 5.74) is 0.711. The number of rotatable bonds is 1. The summed E-state index contributed by atoms with van der Waals surface area (Å²) in [6.07, 6.45) is 0. The van der Waals surface area contributed by atoms with Gasteiger partial charge in [-0.3, -0.25) is 0 Å². The smallest absolute Gasteiger partial charge is 0.125 e. The van der Waals surface area contributed by atoms with Crippen molar-refractivity contribution >= 4 is 18.3 Å². The first-order valence-electron chi connectivity index (χ1n) is 2.90. The van der Waals surface area contributed by atoms with Crippen LogP contribution in [0.5, 0.6) is 0 Å². The van der Waals surface area contributed by atoms with Crippen LogP contribution in [0.4, 0.5) is 10.1 Å². The molecule has 10 heavy (non-hydrogen) atoms. The van der Waals surface area contributed by atoms with Gasteiger partial charge < -0.3 is 5.32 Å². The van der Waals surface area contributed by atoms with E-state index in [2.05, 4.69) is 17.9 Å². The third-order valence-corrected chi connectivity index (χ3v) is 1.62. The van der Waals surface area contributed by atoms with Gasteiger partial charge in [-0.2, -0.15) is 0 Å². The fourth-order valence-corrected chi connectivity index (χ4v) is 0.959. The van der Waals surface area contributed by atoms with E-state index < -0.39 is 0 Å². The molecule has 0 aliphatic rings. The van der Waals surface area contributed by atoms with E-state index in [0.29, 0.717) is 5.69 Å². The molecule has 1 aromatic rings. The van der Waals surface area contributed by atoms with E-state index in [0.717, 1.165) is 4.90 Å². The lowest BCUT2D eigenvalue weighted by Gasteiger charge is -2.02. The van der Waals surface area contributed by atoms with Crippen molar-refractivity contribution in [3.05, 3.63) is 24.0 Å². The van der Waals surface area contributed by atoms with E-state index in [9.17, 15) is 4.39 Å². The Balaban J connectivity index is 3.09. The van der Waals surface area contributed by atoms with Gasteiger partial charge in [0.1, 0.15) is 5.82 Å². The predicted octanol–water partition coefficient (Wildman–Crippen LogP) is 2.16. The predicted molar refractivity (Wildman–Crippen MR) is 43.2 cm³/mol. The van der Waals surface area contributed by atoms with Gasteiger partial charge in [0.25, 0.3) is 0 Å². The Bertz CT molecular complexity index is 237. The number of halogens is 1. The van der Waals surface area contributed by atoms with Crippen molar-refractivity contribution in [1.82, 2.24) is 0 Å². The molecule has 0 aromatic heterocycles. The van der Waals surface area contributed by atoms with Gasteiger partial charge >= 0.3 is 0 Å². The summed E-state index contributed by atoms with van der Waals surface area (Å²) in [7, 11) is 1.73. The Morgan fingerprint density at radius 1 is 1.50 bits per heavy atom. The van der Waals surface area contributed by atoms with Gasteiger partial charge in [-0.25, -0.2) is 4.39 Å². The lowest BCUT2D eigenvalue weighted by molar-refractivity contribution is 0.627. The zero-order valence-electron chi connectivity index (χ0n) is 5.56. The number of hydrogen-bond donors (Lipinski definition) is 2. The molecule has 0 amide bonds.